The zero-order valence-corrected chi connectivity index (χ0v) is 13.7. The van der Waals surface area contributed by atoms with Crippen LogP contribution in [-0.2, 0) is 9.59 Å². The van der Waals surface area contributed by atoms with Crippen LogP contribution in [0.1, 0.15) is 90.9 Å². The minimum atomic E-state index is -1.57. The molecule has 0 aromatic rings. The molecule has 0 aliphatic rings. The molecule has 0 spiro atoms. The van der Waals surface area contributed by atoms with Gasteiger partial charge in [-0.15, -0.1) is 0 Å². The van der Waals surface area contributed by atoms with Crippen LogP contribution in [0.4, 0.5) is 0 Å². The van der Waals surface area contributed by atoms with Gasteiger partial charge in [-0.3, -0.25) is 9.59 Å². The first-order valence-electron chi connectivity index (χ1n) is 8.48. The standard InChI is InChI=1S/C17H32O4.Ca.2H/c1-3-5-7-9-11-13-17(15(18)19,16(20)21)14-12-10-8-6-4-2;;;/h3-14H2,1-2H3,(H,18,19)(H,20,21);;;. The summed E-state index contributed by atoms with van der Waals surface area (Å²) in [5.41, 5.74) is -1.57. The zero-order chi connectivity index (χ0) is 16.1. The molecule has 0 aliphatic heterocycles. The number of unbranched alkanes of at least 4 members (excludes halogenated alkanes) is 8. The third-order valence-electron chi connectivity index (χ3n) is 4.23. The van der Waals surface area contributed by atoms with Crippen LogP contribution >= 0.6 is 0 Å². The van der Waals surface area contributed by atoms with Crippen molar-refractivity contribution >= 4 is 49.7 Å². The number of carboxylic acid groups (broad SMARTS) is 2. The second-order valence-electron chi connectivity index (χ2n) is 6.02. The van der Waals surface area contributed by atoms with Gasteiger partial charge in [0.15, 0.2) is 5.41 Å². The molecule has 4 nitrogen and oxygen atoms in total. The minimum absolute atomic E-state index is 0. The van der Waals surface area contributed by atoms with Crippen LogP contribution in [-0.4, -0.2) is 59.9 Å². The number of rotatable bonds is 14. The van der Waals surface area contributed by atoms with Crippen molar-refractivity contribution in [2.24, 2.45) is 5.41 Å². The maximum absolute atomic E-state index is 11.5. The Morgan fingerprint density at radius 1 is 0.682 bits per heavy atom. The molecule has 0 fully saturated rings. The summed E-state index contributed by atoms with van der Waals surface area (Å²) in [7, 11) is 0. The van der Waals surface area contributed by atoms with Gasteiger partial charge in [0.2, 0.25) is 0 Å². The Morgan fingerprint density at radius 3 is 1.27 bits per heavy atom. The first-order chi connectivity index (χ1) is 10.0. The van der Waals surface area contributed by atoms with Crippen LogP contribution in [0.15, 0.2) is 0 Å². The molecule has 0 amide bonds. The molecular weight excluding hydrogens is 308 g/mol. The summed E-state index contributed by atoms with van der Waals surface area (Å²) < 4.78 is 0. The van der Waals surface area contributed by atoms with Gasteiger partial charge in [-0.1, -0.05) is 78.1 Å². The monoisotopic (exact) mass is 342 g/mol. The summed E-state index contributed by atoms with van der Waals surface area (Å²) in [5, 5.41) is 18.8. The Hall–Kier alpha value is 0.200. The SMILES string of the molecule is CCCCCCCC(CCCCCCC)(C(=O)O)C(=O)O.[CaH2]. The van der Waals surface area contributed by atoms with E-state index in [0.29, 0.717) is 12.8 Å². The summed E-state index contributed by atoms with van der Waals surface area (Å²) in [4.78, 5) is 23.0. The van der Waals surface area contributed by atoms with E-state index in [9.17, 15) is 19.8 Å². The third kappa shape index (κ3) is 9.36. The summed E-state index contributed by atoms with van der Waals surface area (Å²) in [5.74, 6) is -2.33. The molecule has 128 valence electrons. The fourth-order valence-electron chi connectivity index (χ4n) is 2.70. The van der Waals surface area contributed by atoms with Gasteiger partial charge in [0, 0.05) is 0 Å². The van der Waals surface area contributed by atoms with Gasteiger partial charge in [-0.2, -0.15) is 0 Å². The summed E-state index contributed by atoms with van der Waals surface area (Å²) >= 11 is 0. The molecule has 5 heteroatoms. The molecule has 0 aromatic carbocycles. The molecule has 0 radical (unpaired) electrons. The molecule has 0 atom stereocenters. The number of carboxylic acids is 2. The van der Waals surface area contributed by atoms with Crippen LogP contribution in [0, 0.1) is 5.41 Å². The van der Waals surface area contributed by atoms with Gasteiger partial charge in [0.25, 0.3) is 0 Å². The van der Waals surface area contributed by atoms with Crippen molar-refractivity contribution < 1.29 is 19.8 Å². The molecule has 0 heterocycles. The first-order valence-corrected chi connectivity index (χ1v) is 8.48. The third-order valence-corrected chi connectivity index (χ3v) is 4.23. The van der Waals surface area contributed by atoms with Crippen LogP contribution in [0.2, 0.25) is 0 Å². The van der Waals surface area contributed by atoms with Gasteiger partial charge in [-0.25, -0.2) is 0 Å². The van der Waals surface area contributed by atoms with Crippen molar-refractivity contribution in [3.8, 4) is 0 Å². The molecule has 0 rings (SSSR count). The van der Waals surface area contributed by atoms with E-state index in [1.165, 1.54) is 0 Å². The first kappa shape index (κ1) is 24.5. The summed E-state index contributed by atoms with van der Waals surface area (Å²) in [6, 6.07) is 0. The summed E-state index contributed by atoms with van der Waals surface area (Å²) in [6.45, 7) is 4.24. The number of carbonyl (C=O) groups is 2. The Bertz CT molecular complexity index is 275. The molecular formula is C17H34CaO4. The Labute approximate surface area is 165 Å². The van der Waals surface area contributed by atoms with E-state index < -0.39 is 17.4 Å². The predicted octanol–water partition coefficient (Wildman–Crippen LogP) is 3.95. The van der Waals surface area contributed by atoms with E-state index in [0.717, 1.165) is 51.4 Å². The maximum atomic E-state index is 11.5. The second-order valence-corrected chi connectivity index (χ2v) is 6.02. The van der Waals surface area contributed by atoms with Gasteiger partial charge in [0.05, 0.1) is 0 Å². The van der Waals surface area contributed by atoms with E-state index >= 15 is 0 Å². The van der Waals surface area contributed by atoms with Crippen molar-refractivity contribution in [1.29, 1.82) is 0 Å². The molecule has 22 heavy (non-hydrogen) atoms. The number of hydrogen-bond acceptors (Lipinski definition) is 2. The number of aliphatic carboxylic acids is 2. The zero-order valence-electron chi connectivity index (χ0n) is 13.7. The number of hydrogen-bond donors (Lipinski definition) is 2. The van der Waals surface area contributed by atoms with E-state index in [2.05, 4.69) is 13.8 Å². The molecule has 0 unspecified atom stereocenters. The van der Waals surface area contributed by atoms with E-state index in [4.69, 9.17) is 0 Å². The topological polar surface area (TPSA) is 74.6 Å². The second kappa shape index (κ2) is 14.8. The van der Waals surface area contributed by atoms with Gasteiger partial charge in [0.1, 0.15) is 0 Å². The van der Waals surface area contributed by atoms with Gasteiger partial charge < -0.3 is 10.2 Å². The average molecular weight is 343 g/mol. The van der Waals surface area contributed by atoms with Crippen LogP contribution in [0.3, 0.4) is 0 Å². The molecule has 0 saturated carbocycles. The van der Waals surface area contributed by atoms with E-state index in [-0.39, 0.29) is 50.6 Å². The van der Waals surface area contributed by atoms with Crippen molar-refractivity contribution in [2.45, 2.75) is 90.9 Å². The normalized spacial score (nSPS) is 11.0. The van der Waals surface area contributed by atoms with Crippen molar-refractivity contribution in [3.05, 3.63) is 0 Å². The van der Waals surface area contributed by atoms with Crippen molar-refractivity contribution in [3.63, 3.8) is 0 Å². The Kier molecular flexibility index (Phi) is 16.4. The quantitative estimate of drug-likeness (QED) is 0.285. The van der Waals surface area contributed by atoms with Crippen molar-refractivity contribution in [2.75, 3.05) is 0 Å². The van der Waals surface area contributed by atoms with Gasteiger partial charge >= 0.3 is 49.7 Å². The van der Waals surface area contributed by atoms with Crippen LogP contribution in [0.25, 0.3) is 0 Å². The molecule has 0 aliphatic carbocycles. The van der Waals surface area contributed by atoms with Crippen LogP contribution < -0.4 is 0 Å². The molecule has 0 aromatic heterocycles. The van der Waals surface area contributed by atoms with Crippen LogP contribution in [0.5, 0.6) is 0 Å². The fraction of sp³-hybridized carbons (Fsp3) is 0.882. The van der Waals surface area contributed by atoms with E-state index in [1.807, 2.05) is 0 Å². The Balaban J connectivity index is 0. The van der Waals surface area contributed by atoms with E-state index in [1.54, 1.807) is 0 Å². The molecule has 0 saturated heterocycles. The van der Waals surface area contributed by atoms with Gasteiger partial charge in [-0.05, 0) is 12.8 Å². The molecule has 2 N–H and O–H groups in total. The predicted molar refractivity (Wildman–Crippen MR) is 93.0 cm³/mol. The molecule has 0 bridgehead atoms. The summed E-state index contributed by atoms with van der Waals surface area (Å²) in [6.07, 6.45) is 10.4. The van der Waals surface area contributed by atoms with Crippen molar-refractivity contribution in [1.82, 2.24) is 0 Å². The Morgan fingerprint density at radius 2 is 1.00 bits per heavy atom. The fourth-order valence-corrected chi connectivity index (χ4v) is 2.70. The average Bonchev–Trinajstić information content (AvgIpc) is 2.44.